The molecular formula is C20H16ClNO3. The third-order valence-electron chi connectivity index (χ3n) is 4.88. The summed E-state index contributed by atoms with van der Waals surface area (Å²) in [6, 6.07) is 11.6. The largest absolute Gasteiger partial charge is 0.478 e. The maximum atomic E-state index is 12.7. The predicted octanol–water partition coefficient (Wildman–Crippen LogP) is 4.27. The molecule has 5 heteroatoms. The number of halogens is 1. The highest BCUT2D eigenvalue weighted by Gasteiger charge is 2.37. The first-order chi connectivity index (χ1) is 12.2. The van der Waals surface area contributed by atoms with Crippen LogP contribution >= 0.6 is 11.6 Å². The molecule has 1 fully saturated rings. The second-order valence-electron chi connectivity index (χ2n) is 6.66. The summed E-state index contributed by atoms with van der Waals surface area (Å²) >= 11 is 5.92. The third kappa shape index (κ3) is 2.62. The molecule has 0 bridgehead atoms. The highest BCUT2D eigenvalue weighted by atomic mass is 35.5. The third-order valence-corrected chi connectivity index (χ3v) is 5.13. The van der Waals surface area contributed by atoms with E-state index in [-0.39, 0.29) is 5.78 Å². The lowest BCUT2D eigenvalue weighted by Crippen LogP contribution is -2.33. The molecule has 5 rings (SSSR count). The second kappa shape index (κ2) is 5.61. The number of benzene rings is 2. The standard InChI is InChI=1S/C20H16ClNO3/c21-13-3-1-12(2-4-13)9-18-19(23)15-7-8-17-16(20(15)25-18)10-22(11-24-17)14-5-6-14/h1-4,7-9,14H,5-6,10-11H2/b18-9-. The molecule has 0 aromatic heterocycles. The summed E-state index contributed by atoms with van der Waals surface area (Å²) in [5, 5.41) is 0.662. The van der Waals surface area contributed by atoms with E-state index in [0.29, 0.717) is 34.9 Å². The van der Waals surface area contributed by atoms with Crippen molar-refractivity contribution in [2.75, 3.05) is 6.73 Å². The Morgan fingerprint density at radius 2 is 1.92 bits per heavy atom. The maximum absolute atomic E-state index is 12.7. The van der Waals surface area contributed by atoms with E-state index in [4.69, 9.17) is 21.1 Å². The fourth-order valence-electron chi connectivity index (χ4n) is 3.36. The van der Waals surface area contributed by atoms with Gasteiger partial charge in [0.1, 0.15) is 18.2 Å². The zero-order chi connectivity index (χ0) is 17.0. The highest BCUT2D eigenvalue weighted by Crippen LogP contribution is 2.43. The van der Waals surface area contributed by atoms with Crippen molar-refractivity contribution in [1.82, 2.24) is 4.90 Å². The van der Waals surface area contributed by atoms with E-state index in [1.807, 2.05) is 18.2 Å². The van der Waals surface area contributed by atoms with Crippen LogP contribution in [0, 0.1) is 0 Å². The van der Waals surface area contributed by atoms with Crippen molar-refractivity contribution in [2.45, 2.75) is 25.4 Å². The number of carbonyl (C=O) groups is 1. The summed E-state index contributed by atoms with van der Waals surface area (Å²) in [4.78, 5) is 15.0. The topological polar surface area (TPSA) is 38.8 Å². The van der Waals surface area contributed by atoms with Crippen molar-refractivity contribution < 1.29 is 14.3 Å². The Balaban J connectivity index is 1.50. The van der Waals surface area contributed by atoms with Crippen molar-refractivity contribution in [1.29, 1.82) is 0 Å². The lowest BCUT2D eigenvalue weighted by molar-refractivity contribution is 0.0868. The quantitative estimate of drug-likeness (QED) is 0.756. The van der Waals surface area contributed by atoms with Gasteiger partial charge in [-0.05, 0) is 48.7 Å². The summed E-state index contributed by atoms with van der Waals surface area (Å²) in [5.74, 6) is 1.72. The minimum absolute atomic E-state index is 0.0868. The summed E-state index contributed by atoms with van der Waals surface area (Å²) in [5.41, 5.74) is 2.47. The molecule has 0 radical (unpaired) electrons. The molecule has 0 amide bonds. The Hall–Kier alpha value is -2.30. The van der Waals surface area contributed by atoms with Crippen LogP contribution in [0.1, 0.15) is 34.3 Å². The minimum atomic E-state index is -0.0868. The smallest absolute Gasteiger partial charge is 0.231 e. The molecule has 4 nitrogen and oxygen atoms in total. The van der Waals surface area contributed by atoms with E-state index >= 15 is 0 Å². The zero-order valence-electron chi connectivity index (χ0n) is 13.5. The number of fused-ring (bicyclic) bond motifs is 3. The number of rotatable bonds is 2. The molecule has 0 unspecified atom stereocenters. The van der Waals surface area contributed by atoms with Crippen molar-refractivity contribution in [3.63, 3.8) is 0 Å². The molecular weight excluding hydrogens is 338 g/mol. The Labute approximate surface area is 150 Å². The molecule has 1 saturated carbocycles. The van der Waals surface area contributed by atoms with Gasteiger partial charge >= 0.3 is 0 Å². The highest BCUT2D eigenvalue weighted by molar-refractivity contribution is 6.30. The van der Waals surface area contributed by atoms with Crippen LogP contribution in [0.5, 0.6) is 11.5 Å². The van der Waals surface area contributed by atoms with Crippen LogP contribution in [-0.4, -0.2) is 23.5 Å². The number of ketones is 1. The molecule has 1 aliphatic carbocycles. The fourth-order valence-corrected chi connectivity index (χ4v) is 3.49. The molecule has 126 valence electrons. The molecule has 25 heavy (non-hydrogen) atoms. The van der Waals surface area contributed by atoms with Crippen LogP contribution in [0.25, 0.3) is 6.08 Å². The number of hydrogen-bond donors (Lipinski definition) is 0. The zero-order valence-corrected chi connectivity index (χ0v) is 14.3. The van der Waals surface area contributed by atoms with Gasteiger partial charge in [-0.25, -0.2) is 0 Å². The van der Waals surface area contributed by atoms with Gasteiger partial charge in [-0.1, -0.05) is 23.7 Å². The molecule has 0 N–H and O–H groups in total. The van der Waals surface area contributed by atoms with E-state index in [2.05, 4.69) is 4.90 Å². The summed E-state index contributed by atoms with van der Waals surface area (Å²) < 4.78 is 11.8. The molecule has 0 atom stereocenters. The van der Waals surface area contributed by atoms with Gasteiger partial charge in [-0.2, -0.15) is 0 Å². The average molecular weight is 354 g/mol. The Kier molecular flexibility index (Phi) is 3.37. The van der Waals surface area contributed by atoms with Gasteiger partial charge in [0.2, 0.25) is 5.78 Å². The van der Waals surface area contributed by atoms with E-state index in [1.54, 1.807) is 24.3 Å². The van der Waals surface area contributed by atoms with Gasteiger partial charge < -0.3 is 9.47 Å². The normalized spacial score (nSPS) is 20.8. The van der Waals surface area contributed by atoms with Gasteiger partial charge in [0.15, 0.2) is 5.76 Å². The average Bonchev–Trinajstić information content (AvgIpc) is 3.43. The van der Waals surface area contributed by atoms with Crippen LogP contribution in [0.2, 0.25) is 5.02 Å². The predicted molar refractivity (Wildman–Crippen MR) is 94.9 cm³/mol. The van der Waals surface area contributed by atoms with Gasteiger partial charge in [-0.3, -0.25) is 9.69 Å². The van der Waals surface area contributed by atoms with Crippen LogP contribution in [0.4, 0.5) is 0 Å². The second-order valence-corrected chi connectivity index (χ2v) is 7.10. The van der Waals surface area contributed by atoms with Crippen molar-refractivity contribution >= 4 is 23.5 Å². The summed E-state index contributed by atoms with van der Waals surface area (Å²) in [6.07, 6.45) is 4.19. The van der Waals surface area contributed by atoms with Gasteiger partial charge in [0, 0.05) is 17.6 Å². The van der Waals surface area contributed by atoms with E-state index in [1.165, 1.54) is 12.8 Å². The lowest BCUT2D eigenvalue weighted by Gasteiger charge is -2.29. The molecule has 2 heterocycles. The molecule has 2 aromatic carbocycles. The number of Topliss-reactive ketones (excluding diaryl/α,β-unsaturated/α-hetero) is 1. The summed E-state index contributed by atoms with van der Waals surface area (Å²) in [7, 11) is 0. The van der Waals surface area contributed by atoms with E-state index in [9.17, 15) is 4.79 Å². The minimum Gasteiger partial charge on any atom is -0.478 e. The van der Waals surface area contributed by atoms with E-state index in [0.717, 1.165) is 23.4 Å². The molecule has 3 aliphatic rings. The van der Waals surface area contributed by atoms with Crippen LogP contribution in [-0.2, 0) is 6.54 Å². The molecule has 0 spiro atoms. The lowest BCUT2D eigenvalue weighted by atomic mass is 10.0. The number of hydrogen-bond acceptors (Lipinski definition) is 4. The van der Waals surface area contributed by atoms with Crippen molar-refractivity contribution in [3.8, 4) is 11.5 Å². The fraction of sp³-hybridized carbons (Fsp3) is 0.250. The Bertz CT molecular complexity index is 900. The number of ether oxygens (including phenoxy) is 2. The van der Waals surface area contributed by atoms with Gasteiger partial charge in [0.25, 0.3) is 0 Å². The number of carbonyl (C=O) groups excluding carboxylic acids is 1. The van der Waals surface area contributed by atoms with Gasteiger partial charge in [-0.15, -0.1) is 0 Å². The van der Waals surface area contributed by atoms with Crippen LogP contribution < -0.4 is 9.47 Å². The monoisotopic (exact) mass is 353 g/mol. The van der Waals surface area contributed by atoms with Crippen LogP contribution in [0.3, 0.4) is 0 Å². The first kappa shape index (κ1) is 15.0. The number of nitrogens with zero attached hydrogens (tertiary/aromatic N) is 1. The van der Waals surface area contributed by atoms with Crippen molar-refractivity contribution in [3.05, 3.63) is 63.9 Å². The Morgan fingerprint density at radius 3 is 2.68 bits per heavy atom. The van der Waals surface area contributed by atoms with Crippen molar-refractivity contribution in [2.24, 2.45) is 0 Å². The van der Waals surface area contributed by atoms with Gasteiger partial charge in [0.05, 0.1) is 11.1 Å². The maximum Gasteiger partial charge on any atom is 0.231 e. The van der Waals surface area contributed by atoms with Crippen LogP contribution in [0.15, 0.2) is 42.2 Å². The number of allylic oxidation sites excluding steroid dienone is 1. The van der Waals surface area contributed by atoms with E-state index < -0.39 is 0 Å². The molecule has 0 saturated heterocycles. The first-order valence-corrected chi connectivity index (χ1v) is 8.79. The summed E-state index contributed by atoms with van der Waals surface area (Å²) in [6.45, 7) is 1.38. The Morgan fingerprint density at radius 1 is 1.12 bits per heavy atom. The SMILES string of the molecule is O=C1/C(=C/c2ccc(Cl)cc2)Oc2c1ccc1c2CN(C2CC2)CO1. The molecule has 2 aromatic rings. The first-order valence-electron chi connectivity index (χ1n) is 8.41. The molecule has 2 aliphatic heterocycles.